The van der Waals surface area contributed by atoms with Crippen LogP contribution in [-0.2, 0) is 4.79 Å². The van der Waals surface area contributed by atoms with Crippen LogP contribution in [0.4, 0.5) is 4.39 Å². The summed E-state index contributed by atoms with van der Waals surface area (Å²) in [6.45, 7) is 6.54. The van der Waals surface area contributed by atoms with Crippen LogP contribution in [0.5, 0.6) is 0 Å². The Bertz CT molecular complexity index is 323. The van der Waals surface area contributed by atoms with Crippen molar-refractivity contribution in [2.24, 2.45) is 0 Å². The van der Waals surface area contributed by atoms with Gasteiger partial charge in [-0.3, -0.25) is 4.79 Å². The molecule has 2 aliphatic rings. The van der Waals surface area contributed by atoms with Crippen LogP contribution in [-0.4, -0.2) is 53.6 Å². The van der Waals surface area contributed by atoms with Crippen LogP contribution in [0.1, 0.15) is 52.4 Å². The molecule has 2 unspecified atom stereocenters. The first-order chi connectivity index (χ1) is 9.13. The molecule has 110 valence electrons. The zero-order valence-electron chi connectivity index (χ0n) is 12.3. The predicted octanol–water partition coefficient (Wildman–Crippen LogP) is 2.60. The highest BCUT2D eigenvalue weighted by molar-refractivity contribution is 5.79. The van der Waals surface area contributed by atoms with E-state index >= 15 is 0 Å². The average molecular weight is 270 g/mol. The lowest BCUT2D eigenvalue weighted by Crippen LogP contribution is -2.47. The second-order valence-corrected chi connectivity index (χ2v) is 6.11. The van der Waals surface area contributed by atoms with Crippen LogP contribution in [0.3, 0.4) is 0 Å². The number of likely N-dealkylation sites (tertiary alicyclic amines) is 2. The molecule has 2 rings (SSSR count). The Balaban J connectivity index is 2.06. The van der Waals surface area contributed by atoms with Gasteiger partial charge in [0.1, 0.15) is 6.67 Å². The van der Waals surface area contributed by atoms with E-state index in [-0.39, 0.29) is 11.4 Å². The van der Waals surface area contributed by atoms with Crippen LogP contribution < -0.4 is 0 Å². The highest BCUT2D eigenvalue weighted by Crippen LogP contribution is 2.39. The quantitative estimate of drug-likeness (QED) is 0.784. The minimum Gasteiger partial charge on any atom is -0.334 e. The minimum absolute atomic E-state index is 0.0363. The van der Waals surface area contributed by atoms with Crippen LogP contribution in [0.15, 0.2) is 0 Å². The fourth-order valence-corrected chi connectivity index (χ4v) is 3.74. The number of nitrogens with zero attached hydrogens (tertiary/aromatic N) is 2. The van der Waals surface area contributed by atoms with Gasteiger partial charge in [0.25, 0.3) is 0 Å². The number of hydrogen-bond acceptors (Lipinski definition) is 2. The summed E-state index contributed by atoms with van der Waals surface area (Å²) in [5.41, 5.74) is -0.0363. The van der Waals surface area contributed by atoms with Gasteiger partial charge in [-0.2, -0.15) is 0 Å². The number of carbonyl (C=O) groups is 1. The van der Waals surface area contributed by atoms with Gasteiger partial charge in [0.15, 0.2) is 0 Å². The second kappa shape index (κ2) is 6.21. The van der Waals surface area contributed by atoms with Crippen LogP contribution in [0.2, 0.25) is 0 Å². The monoisotopic (exact) mass is 270 g/mol. The van der Waals surface area contributed by atoms with Gasteiger partial charge in [-0.1, -0.05) is 6.92 Å². The zero-order chi connectivity index (χ0) is 13.9. The number of halogens is 1. The normalized spacial score (nSPS) is 30.9. The lowest BCUT2D eigenvalue weighted by atomic mass is 9.88. The van der Waals surface area contributed by atoms with E-state index in [1.165, 1.54) is 6.42 Å². The van der Waals surface area contributed by atoms with Crippen LogP contribution in [0.25, 0.3) is 0 Å². The summed E-state index contributed by atoms with van der Waals surface area (Å²) in [4.78, 5) is 16.4. The molecule has 4 heteroatoms. The molecule has 1 spiro atoms. The van der Waals surface area contributed by atoms with E-state index in [0.717, 1.165) is 38.8 Å². The van der Waals surface area contributed by atoms with Gasteiger partial charge in [-0.15, -0.1) is 0 Å². The number of alkyl halides is 1. The van der Waals surface area contributed by atoms with Gasteiger partial charge in [-0.05, 0) is 45.6 Å². The fourth-order valence-electron chi connectivity index (χ4n) is 3.74. The predicted molar refractivity (Wildman–Crippen MR) is 74.8 cm³/mol. The molecule has 0 N–H and O–H groups in total. The van der Waals surface area contributed by atoms with E-state index in [1.54, 1.807) is 0 Å². The van der Waals surface area contributed by atoms with Crippen molar-refractivity contribution in [3.63, 3.8) is 0 Å². The summed E-state index contributed by atoms with van der Waals surface area (Å²) in [5, 5.41) is 0. The third-order valence-electron chi connectivity index (χ3n) is 5.15. The SMILES string of the molecule is CCC(C)N1CCCC2(CCC(=O)N2CCF)CC1. The Morgan fingerprint density at radius 2 is 2.11 bits per heavy atom. The highest BCUT2D eigenvalue weighted by Gasteiger charge is 2.45. The van der Waals surface area contributed by atoms with Crippen molar-refractivity contribution in [1.82, 2.24) is 9.80 Å². The smallest absolute Gasteiger partial charge is 0.223 e. The van der Waals surface area contributed by atoms with Crippen molar-refractivity contribution >= 4 is 5.91 Å². The molecule has 0 bridgehead atoms. The van der Waals surface area contributed by atoms with Gasteiger partial charge in [0.2, 0.25) is 5.91 Å². The van der Waals surface area contributed by atoms with E-state index in [1.807, 2.05) is 4.90 Å². The van der Waals surface area contributed by atoms with Crippen molar-refractivity contribution in [3.8, 4) is 0 Å². The highest BCUT2D eigenvalue weighted by atomic mass is 19.1. The molecule has 2 aliphatic heterocycles. The van der Waals surface area contributed by atoms with E-state index in [4.69, 9.17) is 0 Å². The van der Waals surface area contributed by atoms with E-state index < -0.39 is 6.67 Å². The van der Waals surface area contributed by atoms with Crippen molar-refractivity contribution < 1.29 is 9.18 Å². The van der Waals surface area contributed by atoms with Crippen molar-refractivity contribution in [2.45, 2.75) is 64.0 Å². The maximum atomic E-state index is 12.7. The third kappa shape index (κ3) is 2.93. The molecule has 3 nitrogen and oxygen atoms in total. The largest absolute Gasteiger partial charge is 0.334 e. The molecule has 0 radical (unpaired) electrons. The average Bonchev–Trinajstić information content (AvgIpc) is 2.62. The van der Waals surface area contributed by atoms with E-state index in [0.29, 0.717) is 19.0 Å². The first-order valence-corrected chi connectivity index (χ1v) is 7.73. The lowest BCUT2D eigenvalue weighted by Gasteiger charge is -2.38. The molecule has 2 saturated heterocycles. The van der Waals surface area contributed by atoms with Gasteiger partial charge in [0, 0.05) is 31.1 Å². The molecule has 0 aliphatic carbocycles. The molecule has 0 aromatic heterocycles. The Morgan fingerprint density at radius 3 is 2.79 bits per heavy atom. The second-order valence-electron chi connectivity index (χ2n) is 6.11. The Morgan fingerprint density at radius 1 is 1.32 bits per heavy atom. The van der Waals surface area contributed by atoms with Crippen LogP contribution >= 0.6 is 0 Å². The zero-order valence-corrected chi connectivity index (χ0v) is 12.3. The minimum atomic E-state index is -0.414. The maximum absolute atomic E-state index is 12.7. The molecule has 0 aromatic rings. The standard InChI is InChI=1S/C15H27FN2O/c1-3-13(2)17-10-4-6-15(8-11-17)7-5-14(19)18(15)12-9-16/h13H,3-12H2,1-2H3. The molecule has 0 saturated carbocycles. The fraction of sp³-hybridized carbons (Fsp3) is 0.933. The molecule has 2 fully saturated rings. The molecule has 1 amide bonds. The van der Waals surface area contributed by atoms with Crippen LogP contribution in [0, 0.1) is 0 Å². The lowest BCUT2D eigenvalue weighted by molar-refractivity contribution is -0.131. The maximum Gasteiger partial charge on any atom is 0.223 e. The topological polar surface area (TPSA) is 23.6 Å². The summed E-state index contributed by atoms with van der Waals surface area (Å²) in [6, 6.07) is 0.613. The third-order valence-corrected chi connectivity index (χ3v) is 5.15. The van der Waals surface area contributed by atoms with Gasteiger partial charge in [-0.25, -0.2) is 4.39 Å². The molecular weight excluding hydrogens is 243 g/mol. The van der Waals surface area contributed by atoms with Gasteiger partial charge >= 0.3 is 0 Å². The summed E-state index contributed by atoms with van der Waals surface area (Å²) in [7, 11) is 0. The number of rotatable bonds is 4. The summed E-state index contributed by atoms with van der Waals surface area (Å²) in [6.07, 6.45) is 5.90. The molecule has 2 atom stereocenters. The summed E-state index contributed by atoms with van der Waals surface area (Å²) >= 11 is 0. The summed E-state index contributed by atoms with van der Waals surface area (Å²) < 4.78 is 12.7. The van der Waals surface area contributed by atoms with Gasteiger partial charge in [0.05, 0.1) is 0 Å². The van der Waals surface area contributed by atoms with Crippen molar-refractivity contribution in [2.75, 3.05) is 26.3 Å². The number of hydrogen-bond donors (Lipinski definition) is 0. The number of carbonyl (C=O) groups excluding carboxylic acids is 1. The molecular formula is C15H27FN2O. The van der Waals surface area contributed by atoms with E-state index in [9.17, 15) is 9.18 Å². The summed E-state index contributed by atoms with van der Waals surface area (Å²) in [5.74, 6) is 0.162. The first kappa shape index (κ1) is 14.8. The van der Waals surface area contributed by atoms with E-state index in [2.05, 4.69) is 18.7 Å². The Labute approximate surface area is 116 Å². The number of amides is 1. The van der Waals surface area contributed by atoms with Crippen molar-refractivity contribution in [1.29, 1.82) is 0 Å². The molecule has 19 heavy (non-hydrogen) atoms. The Hall–Kier alpha value is -0.640. The van der Waals surface area contributed by atoms with Gasteiger partial charge < -0.3 is 9.80 Å². The Kier molecular flexibility index (Phi) is 4.82. The molecule has 0 aromatic carbocycles. The first-order valence-electron chi connectivity index (χ1n) is 7.73. The molecule has 2 heterocycles. The van der Waals surface area contributed by atoms with Crippen molar-refractivity contribution in [3.05, 3.63) is 0 Å².